The Morgan fingerprint density at radius 2 is 1.70 bits per heavy atom. The number of methoxy groups -OCH3 is 1. The molecule has 1 atom stereocenters. The number of carbonyl (C=O) groups is 1. The molecular formula is C22H27NO4. The van der Waals surface area contributed by atoms with E-state index in [1.807, 2.05) is 36.4 Å². The van der Waals surface area contributed by atoms with E-state index in [-0.39, 0.29) is 11.3 Å². The van der Waals surface area contributed by atoms with Crippen LogP contribution in [0.5, 0.6) is 11.5 Å². The van der Waals surface area contributed by atoms with Crippen molar-refractivity contribution < 1.29 is 19.0 Å². The number of nitrogens with one attached hydrogen (secondary N) is 1. The second-order valence-corrected chi connectivity index (χ2v) is 6.89. The third-order valence-corrected chi connectivity index (χ3v) is 5.18. The third-order valence-electron chi connectivity index (χ3n) is 5.18. The highest BCUT2D eigenvalue weighted by Crippen LogP contribution is 2.34. The molecule has 1 heterocycles. The van der Waals surface area contributed by atoms with Gasteiger partial charge in [0.2, 0.25) is 0 Å². The van der Waals surface area contributed by atoms with Crippen molar-refractivity contribution >= 4 is 5.91 Å². The van der Waals surface area contributed by atoms with Crippen LogP contribution in [0.4, 0.5) is 0 Å². The van der Waals surface area contributed by atoms with Crippen molar-refractivity contribution in [2.45, 2.75) is 31.3 Å². The SMILES string of the molecule is COc1ccccc1OC(C)C(=O)NCC1(c2ccccc2)CCOCC1. The van der Waals surface area contributed by atoms with E-state index in [1.165, 1.54) is 5.56 Å². The zero-order valence-corrected chi connectivity index (χ0v) is 15.9. The molecule has 5 heteroatoms. The summed E-state index contributed by atoms with van der Waals surface area (Å²) in [5, 5.41) is 3.09. The topological polar surface area (TPSA) is 56.8 Å². The van der Waals surface area contributed by atoms with Gasteiger partial charge in [0.1, 0.15) is 0 Å². The molecule has 1 saturated heterocycles. The quantitative estimate of drug-likeness (QED) is 0.813. The molecule has 27 heavy (non-hydrogen) atoms. The number of amides is 1. The summed E-state index contributed by atoms with van der Waals surface area (Å²) in [6, 6.07) is 17.7. The predicted molar refractivity (Wildman–Crippen MR) is 104 cm³/mol. The maximum atomic E-state index is 12.7. The molecule has 0 radical (unpaired) electrons. The van der Waals surface area contributed by atoms with Crippen LogP contribution in [0.3, 0.4) is 0 Å². The molecular weight excluding hydrogens is 342 g/mol. The summed E-state index contributed by atoms with van der Waals surface area (Å²) in [5.41, 5.74) is 1.14. The van der Waals surface area contributed by atoms with E-state index >= 15 is 0 Å². The minimum atomic E-state index is -0.617. The largest absolute Gasteiger partial charge is 0.493 e. The van der Waals surface area contributed by atoms with Crippen LogP contribution >= 0.6 is 0 Å². The number of carbonyl (C=O) groups excluding carboxylic acids is 1. The lowest BCUT2D eigenvalue weighted by Gasteiger charge is -2.38. The van der Waals surface area contributed by atoms with Crippen molar-refractivity contribution in [3.05, 3.63) is 60.2 Å². The van der Waals surface area contributed by atoms with E-state index in [1.54, 1.807) is 20.1 Å². The van der Waals surface area contributed by atoms with Crippen LogP contribution in [-0.2, 0) is 14.9 Å². The van der Waals surface area contributed by atoms with Crippen molar-refractivity contribution in [2.24, 2.45) is 0 Å². The van der Waals surface area contributed by atoms with Crippen molar-refractivity contribution in [1.29, 1.82) is 0 Å². The van der Waals surface area contributed by atoms with E-state index in [4.69, 9.17) is 14.2 Å². The lowest BCUT2D eigenvalue weighted by atomic mass is 9.74. The van der Waals surface area contributed by atoms with Gasteiger partial charge in [0.05, 0.1) is 7.11 Å². The number of rotatable bonds is 7. The standard InChI is InChI=1S/C22H27NO4/c1-17(27-20-11-7-6-10-19(20)25-2)21(24)23-16-22(12-14-26-15-13-22)18-8-4-3-5-9-18/h3-11,17H,12-16H2,1-2H3,(H,23,24). The maximum absolute atomic E-state index is 12.7. The van der Waals surface area contributed by atoms with Crippen LogP contribution in [0.1, 0.15) is 25.3 Å². The smallest absolute Gasteiger partial charge is 0.260 e. The first-order valence-corrected chi connectivity index (χ1v) is 9.35. The molecule has 1 fully saturated rings. The minimum absolute atomic E-state index is 0.0979. The van der Waals surface area contributed by atoms with Gasteiger partial charge in [-0.25, -0.2) is 0 Å². The average Bonchev–Trinajstić information content (AvgIpc) is 2.73. The molecule has 2 aromatic rings. The van der Waals surface area contributed by atoms with E-state index in [0.717, 1.165) is 12.8 Å². The van der Waals surface area contributed by atoms with E-state index in [2.05, 4.69) is 17.4 Å². The number of ether oxygens (including phenoxy) is 3. The Labute approximate surface area is 160 Å². The fraction of sp³-hybridized carbons (Fsp3) is 0.409. The van der Waals surface area contributed by atoms with Crippen LogP contribution in [-0.4, -0.2) is 38.9 Å². The summed E-state index contributed by atoms with van der Waals surface area (Å²) in [6.07, 6.45) is 1.16. The molecule has 1 unspecified atom stereocenters. The van der Waals surface area contributed by atoms with Gasteiger partial charge in [-0.15, -0.1) is 0 Å². The molecule has 0 saturated carbocycles. The second-order valence-electron chi connectivity index (χ2n) is 6.89. The van der Waals surface area contributed by atoms with Gasteiger partial charge in [0.25, 0.3) is 5.91 Å². The summed E-state index contributed by atoms with van der Waals surface area (Å²) in [7, 11) is 1.59. The lowest BCUT2D eigenvalue weighted by molar-refractivity contribution is -0.127. The molecule has 3 rings (SSSR count). The summed E-state index contributed by atoms with van der Waals surface area (Å²) < 4.78 is 16.7. The molecule has 144 valence electrons. The number of hydrogen-bond acceptors (Lipinski definition) is 4. The highest BCUT2D eigenvalue weighted by Gasteiger charge is 2.35. The highest BCUT2D eigenvalue weighted by molar-refractivity contribution is 5.81. The molecule has 0 aromatic heterocycles. The lowest BCUT2D eigenvalue weighted by Crippen LogP contribution is -2.47. The van der Waals surface area contributed by atoms with E-state index in [0.29, 0.717) is 31.3 Å². The molecule has 1 amide bonds. The van der Waals surface area contributed by atoms with Crippen molar-refractivity contribution in [2.75, 3.05) is 26.9 Å². The molecule has 1 N–H and O–H groups in total. The van der Waals surface area contributed by atoms with Gasteiger partial charge in [-0.1, -0.05) is 42.5 Å². The highest BCUT2D eigenvalue weighted by atomic mass is 16.5. The molecule has 1 aliphatic heterocycles. The number of benzene rings is 2. The van der Waals surface area contributed by atoms with Crippen LogP contribution in [0.15, 0.2) is 54.6 Å². The Morgan fingerprint density at radius 1 is 1.07 bits per heavy atom. The molecule has 1 aliphatic rings. The summed E-state index contributed by atoms with van der Waals surface area (Å²) in [6.45, 7) is 3.73. The van der Waals surface area contributed by atoms with Crippen LogP contribution < -0.4 is 14.8 Å². The summed E-state index contributed by atoms with van der Waals surface area (Å²) in [5.74, 6) is 1.04. The Morgan fingerprint density at radius 3 is 2.37 bits per heavy atom. The van der Waals surface area contributed by atoms with Gasteiger partial charge >= 0.3 is 0 Å². The molecule has 0 aliphatic carbocycles. The van der Waals surface area contributed by atoms with Gasteiger partial charge in [0.15, 0.2) is 17.6 Å². The number of hydrogen-bond donors (Lipinski definition) is 1. The molecule has 0 bridgehead atoms. The molecule has 0 spiro atoms. The Balaban J connectivity index is 1.65. The van der Waals surface area contributed by atoms with E-state index < -0.39 is 6.10 Å². The average molecular weight is 369 g/mol. The maximum Gasteiger partial charge on any atom is 0.260 e. The minimum Gasteiger partial charge on any atom is -0.493 e. The zero-order valence-electron chi connectivity index (χ0n) is 15.9. The fourth-order valence-electron chi connectivity index (χ4n) is 3.48. The predicted octanol–water partition coefficient (Wildman–Crippen LogP) is 3.33. The fourth-order valence-corrected chi connectivity index (χ4v) is 3.48. The van der Waals surface area contributed by atoms with Crippen molar-refractivity contribution in [3.8, 4) is 11.5 Å². The van der Waals surface area contributed by atoms with Crippen molar-refractivity contribution in [3.63, 3.8) is 0 Å². The van der Waals surface area contributed by atoms with Crippen LogP contribution in [0, 0.1) is 0 Å². The monoisotopic (exact) mass is 369 g/mol. The summed E-state index contributed by atoms with van der Waals surface area (Å²) >= 11 is 0. The second kappa shape index (κ2) is 8.91. The van der Waals surface area contributed by atoms with Gasteiger partial charge in [-0.05, 0) is 37.5 Å². The van der Waals surface area contributed by atoms with Gasteiger partial charge in [-0.2, -0.15) is 0 Å². The molecule has 2 aromatic carbocycles. The Hall–Kier alpha value is -2.53. The van der Waals surface area contributed by atoms with E-state index in [9.17, 15) is 4.79 Å². The first-order valence-electron chi connectivity index (χ1n) is 9.35. The third kappa shape index (κ3) is 4.61. The summed E-state index contributed by atoms with van der Waals surface area (Å²) in [4.78, 5) is 12.7. The van der Waals surface area contributed by atoms with Gasteiger partial charge < -0.3 is 19.5 Å². The first-order chi connectivity index (χ1) is 13.1. The Kier molecular flexibility index (Phi) is 6.35. The van der Waals surface area contributed by atoms with Gasteiger partial charge in [-0.3, -0.25) is 4.79 Å². The normalized spacial score (nSPS) is 17.0. The van der Waals surface area contributed by atoms with Crippen LogP contribution in [0.25, 0.3) is 0 Å². The van der Waals surface area contributed by atoms with Gasteiger partial charge in [0, 0.05) is 25.2 Å². The first kappa shape index (κ1) is 19.2. The molecule has 5 nitrogen and oxygen atoms in total. The zero-order chi connectivity index (χ0) is 19.1. The van der Waals surface area contributed by atoms with Crippen LogP contribution in [0.2, 0.25) is 0 Å². The van der Waals surface area contributed by atoms with Crippen molar-refractivity contribution in [1.82, 2.24) is 5.32 Å². The number of para-hydroxylation sites is 2. The Bertz CT molecular complexity index is 741.